The molecule has 12 nitrogen and oxygen atoms in total. The van der Waals surface area contributed by atoms with Crippen LogP contribution in [0.15, 0.2) is 231 Å². The maximum atomic E-state index is 12.3. The molecular formula is C78H68O12. The molecule has 12 aromatic rings. The number of phenols is 4. The fraction of sp³-hybridized carbons (Fsp3) is 0.231. The lowest BCUT2D eigenvalue weighted by atomic mass is 9.78. The van der Waals surface area contributed by atoms with Crippen molar-refractivity contribution < 1.29 is 38.1 Å². The second kappa shape index (κ2) is 25.9. The maximum absolute atomic E-state index is 12.3. The average Bonchev–Trinajstić information content (AvgIpc) is 2.97. The summed E-state index contributed by atoms with van der Waals surface area (Å²) in [6, 6.07) is 59.4. The molecule has 90 heavy (non-hydrogen) atoms. The van der Waals surface area contributed by atoms with Crippen molar-refractivity contribution in [3.8, 4) is 68.3 Å². The van der Waals surface area contributed by atoms with E-state index >= 15 is 0 Å². The van der Waals surface area contributed by atoms with Gasteiger partial charge in [-0.2, -0.15) is 0 Å². The van der Waals surface area contributed by atoms with Gasteiger partial charge < -0.3 is 38.1 Å². The summed E-state index contributed by atoms with van der Waals surface area (Å²) in [5, 5.41) is 42.9. The van der Waals surface area contributed by atoms with Crippen molar-refractivity contribution in [1.82, 2.24) is 0 Å². The third kappa shape index (κ3) is 12.7. The molecule has 0 radical (unpaired) electrons. The molecule has 4 aliphatic rings. The average molecular weight is 1200 g/mol. The van der Waals surface area contributed by atoms with Crippen LogP contribution in [-0.4, -0.2) is 20.4 Å². The lowest BCUT2D eigenvalue weighted by Gasteiger charge is -2.27. The normalized spacial score (nSPS) is 15.1. The topological polar surface area (TPSA) is 202 Å². The number of rotatable bonds is 8. The molecule has 0 unspecified atom stereocenters. The fourth-order valence-corrected chi connectivity index (χ4v) is 13.3. The Morgan fingerprint density at radius 2 is 0.489 bits per heavy atom. The van der Waals surface area contributed by atoms with E-state index in [0.717, 1.165) is 43.8 Å². The van der Waals surface area contributed by atoms with Gasteiger partial charge in [0.15, 0.2) is 0 Å². The first-order chi connectivity index (χ1) is 43.9. The monoisotopic (exact) mass is 1200 g/mol. The summed E-state index contributed by atoms with van der Waals surface area (Å²) in [6.45, 7) is 0. The third-order valence-electron chi connectivity index (χ3n) is 18.3. The zero-order valence-electron chi connectivity index (χ0n) is 49.7. The number of phenolic OH excluding ortho intramolecular Hbond substituents is 4. The fourth-order valence-electron chi connectivity index (χ4n) is 13.3. The molecule has 8 aromatic carbocycles. The smallest absolute Gasteiger partial charge is 0.344 e. The number of fused-ring (bicyclic) bond motifs is 4. The molecule has 0 atom stereocenters. The van der Waals surface area contributed by atoms with E-state index in [4.69, 9.17) is 17.7 Å². The minimum Gasteiger partial charge on any atom is -0.508 e. The first kappa shape index (κ1) is 58.8. The van der Waals surface area contributed by atoms with E-state index in [1.165, 1.54) is 136 Å². The van der Waals surface area contributed by atoms with Gasteiger partial charge in [0.1, 0.15) is 46.0 Å². The zero-order chi connectivity index (χ0) is 61.8. The molecule has 452 valence electrons. The predicted molar refractivity (Wildman–Crippen MR) is 354 cm³/mol. The van der Waals surface area contributed by atoms with E-state index in [1.807, 2.05) is 91.0 Å². The lowest BCUT2D eigenvalue weighted by Crippen LogP contribution is -2.10. The Kier molecular flexibility index (Phi) is 16.9. The summed E-state index contributed by atoms with van der Waals surface area (Å²) < 4.78 is 22.2. The minimum atomic E-state index is -0.413. The Labute approximate surface area is 518 Å². The van der Waals surface area contributed by atoms with Gasteiger partial charge in [-0.05, 0) is 192 Å². The van der Waals surface area contributed by atoms with Gasteiger partial charge in [0.25, 0.3) is 0 Å². The van der Waals surface area contributed by atoms with Crippen LogP contribution in [0.3, 0.4) is 0 Å². The standard InChI is InChI=1S/C21H20O3.C20H18O3.C19H16O3.C18H14O3/c22-16-11-10-15-12-20(24-21(23)19(15)13-16)18-9-5-4-8-17(18)14-6-2-1-3-7-14;21-15-10-9-14-11-19(23-20(22)18(14)12-15)17-8-4-3-7-16(17)13-5-1-2-6-13;20-14-9-8-13-10-18(22-19(21)17(13)11-14)16-7-2-1-6-15(16)12-4-3-5-12;19-13-8-7-12-9-17(21-18(20)16(12)10-13)15-4-2-1-3-14(15)11-5-6-11/h4-5,8-14,22H,1-3,6-7H2;3-4,7-13,21H,1-2,5-6H2;1-2,6-12,20H,3-5H2;1-4,7-11,19H,5-6H2. The van der Waals surface area contributed by atoms with Crippen LogP contribution in [0.1, 0.15) is 136 Å². The summed E-state index contributed by atoms with van der Waals surface area (Å²) in [7, 11) is 0. The van der Waals surface area contributed by atoms with Gasteiger partial charge in [-0.1, -0.05) is 160 Å². The van der Waals surface area contributed by atoms with Crippen LogP contribution >= 0.6 is 0 Å². The van der Waals surface area contributed by atoms with Crippen LogP contribution in [-0.2, 0) is 0 Å². The molecule has 0 aliphatic heterocycles. The molecule has 0 saturated heterocycles. The lowest BCUT2D eigenvalue weighted by molar-refractivity contribution is 0.419. The molecule has 4 fully saturated rings. The molecular weight excluding hydrogens is 1130 g/mol. The van der Waals surface area contributed by atoms with Gasteiger partial charge in [0.2, 0.25) is 0 Å². The highest BCUT2D eigenvalue weighted by molar-refractivity contribution is 5.89. The van der Waals surface area contributed by atoms with Crippen LogP contribution < -0.4 is 22.5 Å². The van der Waals surface area contributed by atoms with Crippen molar-refractivity contribution in [2.75, 3.05) is 0 Å². The summed E-state index contributed by atoms with van der Waals surface area (Å²) >= 11 is 0. The largest absolute Gasteiger partial charge is 0.508 e. The minimum absolute atomic E-state index is 0.0703. The Bertz CT molecular complexity index is 4870. The van der Waals surface area contributed by atoms with Gasteiger partial charge in [-0.15, -0.1) is 0 Å². The van der Waals surface area contributed by atoms with Crippen molar-refractivity contribution in [2.45, 2.75) is 114 Å². The summed E-state index contributed by atoms with van der Waals surface area (Å²) in [4.78, 5) is 49.0. The van der Waals surface area contributed by atoms with Crippen molar-refractivity contribution >= 4 is 43.1 Å². The molecule has 0 bridgehead atoms. The second-order valence-corrected chi connectivity index (χ2v) is 24.2. The first-order valence-electron chi connectivity index (χ1n) is 31.3. The Morgan fingerprint density at radius 3 is 0.733 bits per heavy atom. The summed E-state index contributed by atoms with van der Waals surface area (Å²) in [5.41, 5.74) is 7.43. The van der Waals surface area contributed by atoms with E-state index in [2.05, 4.69) is 30.3 Å². The second-order valence-electron chi connectivity index (χ2n) is 24.2. The zero-order valence-corrected chi connectivity index (χ0v) is 49.7. The van der Waals surface area contributed by atoms with Crippen LogP contribution in [0.25, 0.3) is 88.4 Å². The number of hydrogen-bond donors (Lipinski definition) is 4. The van der Waals surface area contributed by atoms with Crippen molar-refractivity contribution in [2.24, 2.45) is 0 Å². The Balaban J connectivity index is 0.000000110. The quantitative estimate of drug-likeness (QED) is 0.112. The van der Waals surface area contributed by atoms with Crippen LogP contribution in [0, 0.1) is 0 Å². The van der Waals surface area contributed by atoms with Gasteiger partial charge in [-0.3, -0.25) is 0 Å². The van der Waals surface area contributed by atoms with E-state index < -0.39 is 22.5 Å². The summed E-state index contributed by atoms with van der Waals surface area (Å²) in [6.07, 6.45) is 17.2. The van der Waals surface area contributed by atoms with E-state index in [0.29, 0.717) is 68.3 Å². The number of benzene rings is 8. The third-order valence-corrected chi connectivity index (χ3v) is 18.3. The van der Waals surface area contributed by atoms with Gasteiger partial charge in [0, 0.05) is 22.3 Å². The van der Waals surface area contributed by atoms with E-state index in [-0.39, 0.29) is 23.0 Å². The maximum Gasteiger partial charge on any atom is 0.344 e. The Morgan fingerprint density at radius 1 is 0.256 bits per heavy atom. The molecule has 0 amide bonds. The summed E-state index contributed by atoms with van der Waals surface area (Å²) in [5.74, 6) is 4.95. The molecule has 4 saturated carbocycles. The number of aromatic hydroxyl groups is 4. The van der Waals surface area contributed by atoms with Gasteiger partial charge in [0.05, 0.1) is 21.5 Å². The molecule has 16 rings (SSSR count). The van der Waals surface area contributed by atoms with E-state index in [1.54, 1.807) is 48.5 Å². The molecule has 4 heterocycles. The first-order valence-corrected chi connectivity index (χ1v) is 31.3. The highest BCUT2D eigenvalue weighted by Gasteiger charge is 2.28. The highest BCUT2D eigenvalue weighted by Crippen LogP contribution is 2.46. The van der Waals surface area contributed by atoms with E-state index in [9.17, 15) is 39.6 Å². The molecule has 12 heteroatoms. The highest BCUT2D eigenvalue weighted by atomic mass is 16.4. The van der Waals surface area contributed by atoms with Crippen molar-refractivity contribution in [3.05, 3.63) is 258 Å². The molecule has 0 spiro atoms. The van der Waals surface area contributed by atoms with Gasteiger partial charge >= 0.3 is 22.5 Å². The van der Waals surface area contributed by atoms with Crippen molar-refractivity contribution in [3.63, 3.8) is 0 Å². The van der Waals surface area contributed by atoms with Crippen LogP contribution in [0.2, 0.25) is 0 Å². The van der Waals surface area contributed by atoms with Crippen molar-refractivity contribution in [1.29, 1.82) is 0 Å². The van der Waals surface area contributed by atoms with Gasteiger partial charge in [-0.25, -0.2) is 19.2 Å². The predicted octanol–water partition coefficient (Wildman–Crippen LogP) is 18.5. The Hall–Kier alpha value is -10.2. The molecule has 4 N–H and O–H groups in total. The van der Waals surface area contributed by atoms with Crippen LogP contribution in [0.5, 0.6) is 23.0 Å². The SMILES string of the molecule is O=c1oc(-c2ccccc2C2CC2)cc2ccc(O)cc12.O=c1oc(-c2ccccc2C2CCC2)cc2ccc(O)cc12.O=c1oc(-c2ccccc2C2CCCC2)cc2ccc(O)cc12.O=c1oc(-c2ccccc2C2CCCCC2)cc2ccc(O)cc12. The number of hydrogen-bond acceptors (Lipinski definition) is 12. The molecule has 4 aromatic heterocycles. The van der Waals surface area contributed by atoms with Crippen LogP contribution in [0.4, 0.5) is 0 Å². The molecule has 4 aliphatic carbocycles.